The molecule has 0 fully saturated rings. The first-order valence-electron chi connectivity index (χ1n) is 8.02. The average molecular weight is 453 g/mol. The molecule has 2 rings (SSSR count). The van der Waals surface area contributed by atoms with Crippen LogP contribution in [-0.4, -0.2) is 32.9 Å². The van der Waals surface area contributed by atoms with E-state index in [4.69, 9.17) is 11.6 Å². The number of aromatic nitrogens is 1. The molecule has 160 valence electrons. The second-order valence-corrected chi connectivity index (χ2v) is 7.87. The number of nitrogens with zero attached hydrogens (tertiary/aromatic N) is 3. The molecule has 0 unspecified atom stereocenters. The molecule has 0 amide bonds. The summed E-state index contributed by atoms with van der Waals surface area (Å²) in [6, 6.07) is 4.98. The lowest BCUT2D eigenvalue weighted by Gasteiger charge is -2.18. The zero-order valence-corrected chi connectivity index (χ0v) is 17.4. The van der Waals surface area contributed by atoms with E-state index in [0.29, 0.717) is 18.4 Å². The molecule has 0 aliphatic rings. The third-order valence-corrected chi connectivity index (χ3v) is 5.17. The molecule has 7 nitrogen and oxygen atoms in total. The highest BCUT2D eigenvalue weighted by Crippen LogP contribution is 2.34. The van der Waals surface area contributed by atoms with Crippen molar-refractivity contribution in [2.75, 3.05) is 18.5 Å². The minimum atomic E-state index is -4.90. The predicted molar refractivity (Wildman–Crippen MR) is 104 cm³/mol. The Bertz CT molecular complexity index is 980. The van der Waals surface area contributed by atoms with Crippen molar-refractivity contribution in [1.82, 2.24) is 11.1 Å². The summed E-state index contributed by atoms with van der Waals surface area (Å²) >= 11 is 5.55. The Labute approximate surface area is 171 Å². The van der Waals surface area contributed by atoms with E-state index in [9.17, 15) is 26.7 Å². The van der Waals surface area contributed by atoms with E-state index in [1.54, 1.807) is 11.9 Å². The van der Waals surface area contributed by atoms with Gasteiger partial charge < -0.3 is 16.2 Å². The molecule has 0 spiro atoms. The number of rotatable bonds is 6. The van der Waals surface area contributed by atoms with Gasteiger partial charge in [-0.15, -0.1) is 0 Å². The Morgan fingerprint density at radius 1 is 1.28 bits per heavy atom. The number of halogens is 4. The lowest BCUT2D eigenvalue weighted by molar-refractivity contribution is -0.213. The molecule has 0 aliphatic heterocycles. The molecule has 1 heterocycles. The van der Waals surface area contributed by atoms with Crippen molar-refractivity contribution in [2.24, 2.45) is 4.40 Å². The molecule has 12 heteroatoms. The van der Waals surface area contributed by atoms with Crippen LogP contribution in [0.15, 0.2) is 45.8 Å². The van der Waals surface area contributed by atoms with E-state index >= 15 is 0 Å². The van der Waals surface area contributed by atoms with E-state index in [0.717, 1.165) is 24.8 Å². The first-order chi connectivity index (χ1) is 13.0. The van der Waals surface area contributed by atoms with Crippen LogP contribution >= 0.6 is 11.6 Å². The SMILES string of the molecule is CCCN(C)c1ccc(S(=O)(=O)/N=C(\[O-])c2ccc(Cl)cc2C(F)(F)F)cn1.[NH4+]. The molecule has 0 radical (unpaired) electrons. The van der Waals surface area contributed by atoms with Gasteiger partial charge in [-0.3, -0.25) is 0 Å². The fourth-order valence-electron chi connectivity index (χ4n) is 2.35. The van der Waals surface area contributed by atoms with Crippen LogP contribution in [0.4, 0.5) is 19.0 Å². The molecule has 2 aromatic rings. The first-order valence-corrected chi connectivity index (χ1v) is 9.84. The molecule has 4 N–H and O–H groups in total. The maximum atomic E-state index is 13.1. The van der Waals surface area contributed by atoms with Crippen LogP contribution in [0.1, 0.15) is 24.5 Å². The lowest BCUT2D eigenvalue weighted by Crippen LogP contribution is -2.25. The van der Waals surface area contributed by atoms with Gasteiger partial charge in [-0.1, -0.05) is 24.6 Å². The number of benzene rings is 1. The first kappa shape index (κ1) is 24.7. The van der Waals surface area contributed by atoms with Gasteiger partial charge in [0.05, 0.1) is 5.56 Å². The van der Waals surface area contributed by atoms with Gasteiger partial charge in [0.1, 0.15) is 10.7 Å². The normalized spacial score (nSPS) is 12.4. The lowest BCUT2D eigenvalue weighted by atomic mass is 10.1. The van der Waals surface area contributed by atoms with Crippen molar-refractivity contribution >= 4 is 33.3 Å². The van der Waals surface area contributed by atoms with Gasteiger partial charge in [0.2, 0.25) is 0 Å². The van der Waals surface area contributed by atoms with E-state index < -0.39 is 38.1 Å². The fourth-order valence-corrected chi connectivity index (χ4v) is 3.37. The molecule has 1 aromatic heterocycles. The number of alkyl halides is 3. The molecule has 29 heavy (non-hydrogen) atoms. The van der Waals surface area contributed by atoms with Crippen LogP contribution < -0.4 is 16.2 Å². The van der Waals surface area contributed by atoms with Gasteiger partial charge in [-0.05, 0) is 36.2 Å². The molecule has 0 saturated carbocycles. The van der Waals surface area contributed by atoms with Gasteiger partial charge in [-0.25, -0.2) is 4.98 Å². The zero-order valence-electron chi connectivity index (χ0n) is 15.9. The van der Waals surface area contributed by atoms with Gasteiger partial charge in [0.15, 0.2) is 0 Å². The number of pyridine rings is 1. The van der Waals surface area contributed by atoms with Gasteiger partial charge in [0, 0.05) is 30.7 Å². The highest BCUT2D eigenvalue weighted by Gasteiger charge is 2.34. The largest absolute Gasteiger partial charge is 0.858 e. The fraction of sp³-hybridized carbons (Fsp3) is 0.294. The Kier molecular flexibility index (Phi) is 8.01. The van der Waals surface area contributed by atoms with Crippen LogP contribution in [0.25, 0.3) is 0 Å². The Morgan fingerprint density at radius 2 is 1.93 bits per heavy atom. The minimum Gasteiger partial charge on any atom is -0.858 e. The smallest absolute Gasteiger partial charge is 0.417 e. The summed E-state index contributed by atoms with van der Waals surface area (Å²) in [6.45, 7) is 2.66. The Morgan fingerprint density at radius 3 is 2.45 bits per heavy atom. The predicted octanol–water partition coefficient (Wildman–Crippen LogP) is 3.47. The van der Waals surface area contributed by atoms with E-state index in [-0.39, 0.29) is 11.2 Å². The van der Waals surface area contributed by atoms with Crippen LogP contribution in [0.3, 0.4) is 0 Å². The van der Waals surface area contributed by atoms with Gasteiger partial charge in [-0.2, -0.15) is 26.0 Å². The van der Waals surface area contributed by atoms with Crippen LogP contribution in [0, 0.1) is 0 Å². The van der Waals surface area contributed by atoms with Crippen LogP contribution in [0.5, 0.6) is 0 Å². The van der Waals surface area contributed by atoms with Crippen molar-refractivity contribution in [3.05, 3.63) is 52.7 Å². The third kappa shape index (κ3) is 6.05. The molecule has 1 aromatic carbocycles. The second-order valence-electron chi connectivity index (χ2n) is 5.83. The van der Waals surface area contributed by atoms with Crippen molar-refractivity contribution < 1.29 is 26.7 Å². The third-order valence-electron chi connectivity index (χ3n) is 3.69. The maximum absolute atomic E-state index is 13.1. The number of hydrogen-bond donors (Lipinski definition) is 1. The molecule has 0 saturated heterocycles. The molecular weight excluding hydrogens is 433 g/mol. The summed E-state index contributed by atoms with van der Waals surface area (Å²) in [4.78, 5) is 5.38. The highest BCUT2D eigenvalue weighted by molar-refractivity contribution is 7.90. The molecule has 0 aliphatic carbocycles. The van der Waals surface area contributed by atoms with Crippen LogP contribution in [0.2, 0.25) is 5.02 Å². The zero-order chi connectivity index (χ0) is 21.1. The minimum absolute atomic E-state index is 0. The summed E-state index contributed by atoms with van der Waals surface area (Å²) < 4.78 is 66.9. The summed E-state index contributed by atoms with van der Waals surface area (Å²) in [5, 5.41) is 11.9. The maximum Gasteiger partial charge on any atom is 0.417 e. The number of anilines is 1. The average Bonchev–Trinajstić information content (AvgIpc) is 2.60. The number of quaternary nitrogens is 1. The van der Waals surface area contributed by atoms with Crippen molar-refractivity contribution in [1.29, 1.82) is 0 Å². The van der Waals surface area contributed by atoms with Crippen molar-refractivity contribution in [3.8, 4) is 0 Å². The van der Waals surface area contributed by atoms with Crippen molar-refractivity contribution in [3.63, 3.8) is 0 Å². The summed E-state index contributed by atoms with van der Waals surface area (Å²) in [7, 11) is -2.77. The summed E-state index contributed by atoms with van der Waals surface area (Å²) in [6.07, 6.45) is -3.05. The van der Waals surface area contributed by atoms with E-state index in [1.165, 1.54) is 12.1 Å². The summed E-state index contributed by atoms with van der Waals surface area (Å²) in [5.41, 5.74) is -2.27. The van der Waals surface area contributed by atoms with Gasteiger partial charge in [0.25, 0.3) is 10.0 Å². The van der Waals surface area contributed by atoms with Crippen molar-refractivity contribution in [2.45, 2.75) is 24.4 Å². The van der Waals surface area contributed by atoms with E-state index in [2.05, 4.69) is 9.38 Å². The standard InChI is InChI=1S/C17H17ClF3N3O3S.H3N/c1-3-8-24(2)15-7-5-12(10-22-15)28(26,27)23-16(25)13-6-4-11(18)9-14(13)17(19,20)21;/h4-7,9-10H,3,8H2,1-2H3,(H,23,25);1H3. The van der Waals surface area contributed by atoms with Gasteiger partial charge >= 0.3 is 6.18 Å². The Balaban J connectivity index is 0.00000420. The highest BCUT2D eigenvalue weighted by atomic mass is 35.5. The Hall–Kier alpha value is -2.37. The second kappa shape index (κ2) is 9.42. The topological polar surface area (TPSA) is 122 Å². The molecule has 0 atom stereocenters. The monoisotopic (exact) mass is 452 g/mol. The molecule has 0 bridgehead atoms. The summed E-state index contributed by atoms with van der Waals surface area (Å²) in [5.74, 6) is -1.04. The number of hydrogen-bond acceptors (Lipinski definition) is 5. The quantitative estimate of drug-likeness (QED) is 0.531. The van der Waals surface area contributed by atoms with E-state index in [1.807, 2.05) is 6.92 Å². The molecular formula is C17H20ClF3N4O3S. The van der Waals surface area contributed by atoms with Crippen LogP contribution in [-0.2, 0) is 16.2 Å². The number of sulfonamides is 1.